The number of amides is 1. The quantitative estimate of drug-likeness (QED) is 0.699. The molecule has 7 nitrogen and oxygen atoms in total. The molecule has 0 saturated heterocycles. The van der Waals surface area contributed by atoms with Crippen molar-refractivity contribution >= 4 is 31.5 Å². The molecule has 0 unspecified atom stereocenters. The molecule has 0 aliphatic rings. The molecular formula is C17H18F2N2O5S2. The molecule has 11 heteroatoms. The highest BCUT2D eigenvalue weighted by Gasteiger charge is 2.26. The maximum atomic E-state index is 12.5. The van der Waals surface area contributed by atoms with E-state index in [0.717, 1.165) is 24.3 Å². The summed E-state index contributed by atoms with van der Waals surface area (Å²) in [7, 11) is -8.40. The van der Waals surface area contributed by atoms with Gasteiger partial charge in [-0.3, -0.25) is 4.79 Å². The molecule has 0 atom stereocenters. The second-order valence-corrected chi connectivity index (χ2v) is 9.72. The molecule has 152 valence electrons. The molecule has 0 spiro atoms. The summed E-state index contributed by atoms with van der Waals surface area (Å²) in [5.74, 6) is -4.16. The topological polar surface area (TPSA) is 109 Å². The maximum Gasteiger partial charge on any atom is 0.341 e. The molecule has 0 aliphatic carbocycles. The summed E-state index contributed by atoms with van der Waals surface area (Å²) in [6.07, 6.45) is 0. The number of carbonyl (C=O) groups excluding carboxylic acids is 1. The summed E-state index contributed by atoms with van der Waals surface area (Å²) in [4.78, 5) is 11.6. The second-order valence-electron chi connectivity index (χ2n) is 6.08. The molecule has 0 radical (unpaired) electrons. The van der Waals surface area contributed by atoms with Gasteiger partial charge in [-0.1, -0.05) is 0 Å². The van der Waals surface area contributed by atoms with E-state index in [1.54, 1.807) is 13.8 Å². The van der Waals surface area contributed by atoms with Crippen LogP contribution in [0, 0.1) is 0 Å². The highest BCUT2D eigenvalue weighted by Crippen LogP contribution is 2.20. The summed E-state index contributed by atoms with van der Waals surface area (Å²) in [6, 6.07) is 9.20. The van der Waals surface area contributed by atoms with Crippen LogP contribution in [0.3, 0.4) is 0 Å². The number of sulfone groups is 1. The highest BCUT2D eigenvalue weighted by atomic mass is 32.2. The molecule has 2 rings (SSSR count). The minimum Gasteiger partial charge on any atom is -0.322 e. The lowest BCUT2D eigenvalue weighted by atomic mass is 10.2. The number of nitrogens with one attached hydrogen (secondary N) is 2. The molecule has 2 aromatic rings. The number of benzene rings is 2. The van der Waals surface area contributed by atoms with Crippen LogP contribution in [-0.4, -0.2) is 34.5 Å². The molecule has 0 aliphatic heterocycles. The van der Waals surface area contributed by atoms with Gasteiger partial charge in [-0.05, 0) is 62.4 Å². The minimum absolute atomic E-state index is 0.0285. The molecule has 0 aromatic heterocycles. The van der Waals surface area contributed by atoms with Gasteiger partial charge in [0.2, 0.25) is 19.9 Å². The van der Waals surface area contributed by atoms with Crippen LogP contribution in [0.2, 0.25) is 0 Å². The summed E-state index contributed by atoms with van der Waals surface area (Å²) in [5.41, 5.74) is 0.351. The Kier molecular flexibility index (Phi) is 6.52. The SMILES string of the molecule is CC(C)NS(=O)(=O)c1ccc(NC(=O)c2ccc(S(=O)(=O)C(F)F)cc2)cc1. The zero-order valence-electron chi connectivity index (χ0n) is 14.9. The number of hydrogen-bond donors (Lipinski definition) is 2. The third kappa shape index (κ3) is 5.12. The summed E-state index contributed by atoms with van der Waals surface area (Å²) in [5, 5.41) is 2.51. The van der Waals surface area contributed by atoms with Gasteiger partial charge in [-0.2, -0.15) is 8.78 Å². The number of halogens is 2. The van der Waals surface area contributed by atoms with Gasteiger partial charge in [0.1, 0.15) is 0 Å². The lowest BCUT2D eigenvalue weighted by Crippen LogP contribution is -2.30. The van der Waals surface area contributed by atoms with Crippen LogP contribution in [-0.2, 0) is 19.9 Å². The Bertz CT molecular complexity index is 1050. The van der Waals surface area contributed by atoms with Gasteiger partial charge in [0.05, 0.1) is 9.79 Å². The van der Waals surface area contributed by atoms with Crippen molar-refractivity contribution in [2.75, 3.05) is 5.32 Å². The van der Waals surface area contributed by atoms with E-state index >= 15 is 0 Å². The van der Waals surface area contributed by atoms with Crippen LogP contribution in [0.15, 0.2) is 58.3 Å². The fraction of sp³-hybridized carbons (Fsp3) is 0.235. The van der Waals surface area contributed by atoms with Crippen LogP contribution in [0.25, 0.3) is 0 Å². The van der Waals surface area contributed by atoms with Gasteiger partial charge in [-0.15, -0.1) is 0 Å². The summed E-state index contributed by atoms with van der Waals surface area (Å²) in [6.45, 7) is 3.37. The van der Waals surface area contributed by atoms with Crippen molar-refractivity contribution in [1.29, 1.82) is 0 Å². The van der Waals surface area contributed by atoms with Gasteiger partial charge in [0, 0.05) is 17.3 Å². The Morgan fingerprint density at radius 3 is 1.82 bits per heavy atom. The van der Waals surface area contributed by atoms with E-state index < -0.39 is 36.4 Å². The van der Waals surface area contributed by atoms with E-state index in [4.69, 9.17) is 0 Å². The predicted molar refractivity (Wildman–Crippen MR) is 99.5 cm³/mol. The first-order chi connectivity index (χ1) is 12.9. The number of rotatable bonds is 7. The Morgan fingerprint density at radius 1 is 0.857 bits per heavy atom. The van der Waals surface area contributed by atoms with Crippen LogP contribution < -0.4 is 10.0 Å². The zero-order valence-corrected chi connectivity index (χ0v) is 16.5. The van der Waals surface area contributed by atoms with Gasteiger partial charge in [0.25, 0.3) is 5.91 Å². The van der Waals surface area contributed by atoms with E-state index in [0.29, 0.717) is 5.69 Å². The van der Waals surface area contributed by atoms with Crippen molar-refractivity contribution in [3.8, 4) is 0 Å². The molecule has 0 bridgehead atoms. The van der Waals surface area contributed by atoms with Gasteiger partial charge < -0.3 is 5.32 Å². The van der Waals surface area contributed by atoms with Crippen molar-refractivity contribution in [3.63, 3.8) is 0 Å². The first-order valence-corrected chi connectivity index (χ1v) is 11.0. The predicted octanol–water partition coefficient (Wildman–Crippen LogP) is 2.62. The van der Waals surface area contributed by atoms with Crippen molar-refractivity contribution in [2.24, 2.45) is 0 Å². The monoisotopic (exact) mass is 432 g/mol. The number of anilines is 1. The number of carbonyl (C=O) groups is 1. The lowest BCUT2D eigenvalue weighted by Gasteiger charge is -2.10. The van der Waals surface area contributed by atoms with Crippen molar-refractivity contribution in [1.82, 2.24) is 4.72 Å². The highest BCUT2D eigenvalue weighted by molar-refractivity contribution is 7.91. The standard InChI is InChI=1S/C17H18F2N2O5S2/c1-11(2)21-28(25,26)15-9-5-13(6-10-15)20-16(22)12-3-7-14(8-4-12)27(23,24)17(18)19/h3-11,17,21H,1-2H3,(H,20,22). The molecule has 2 N–H and O–H groups in total. The van der Waals surface area contributed by atoms with Crippen LogP contribution in [0.4, 0.5) is 14.5 Å². The molecule has 0 saturated carbocycles. The average molecular weight is 432 g/mol. The lowest BCUT2D eigenvalue weighted by molar-refractivity contribution is 0.102. The molecule has 2 aromatic carbocycles. The van der Waals surface area contributed by atoms with Gasteiger partial charge in [0.15, 0.2) is 0 Å². The zero-order chi connectivity index (χ0) is 21.1. The minimum atomic E-state index is -4.73. The van der Waals surface area contributed by atoms with Gasteiger partial charge >= 0.3 is 5.76 Å². The number of hydrogen-bond acceptors (Lipinski definition) is 5. The van der Waals surface area contributed by atoms with E-state index in [1.165, 1.54) is 24.3 Å². The van der Waals surface area contributed by atoms with E-state index in [2.05, 4.69) is 10.0 Å². The van der Waals surface area contributed by atoms with Crippen LogP contribution in [0.1, 0.15) is 24.2 Å². The Labute approximate surface area is 161 Å². The van der Waals surface area contributed by atoms with Gasteiger partial charge in [-0.25, -0.2) is 21.6 Å². The first kappa shape index (κ1) is 21.9. The fourth-order valence-electron chi connectivity index (χ4n) is 2.20. The number of sulfonamides is 1. The molecule has 28 heavy (non-hydrogen) atoms. The Morgan fingerprint density at radius 2 is 1.36 bits per heavy atom. The average Bonchev–Trinajstić information content (AvgIpc) is 2.61. The van der Waals surface area contributed by atoms with E-state index in [-0.39, 0.29) is 16.5 Å². The third-order valence-electron chi connectivity index (χ3n) is 3.49. The van der Waals surface area contributed by atoms with Crippen molar-refractivity contribution in [3.05, 3.63) is 54.1 Å². The largest absolute Gasteiger partial charge is 0.341 e. The first-order valence-electron chi connectivity index (χ1n) is 7.99. The Hall–Kier alpha value is -2.37. The Balaban J connectivity index is 2.13. The van der Waals surface area contributed by atoms with E-state index in [9.17, 15) is 30.4 Å². The van der Waals surface area contributed by atoms with Crippen LogP contribution >= 0.6 is 0 Å². The third-order valence-corrected chi connectivity index (χ3v) is 6.57. The maximum absolute atomic E-state index is 12.5. The van der Waals surface area contributed by atoms with Crippen molar-refractivity contribution in [2.45, 2.75) is 35.4 Å². The normalized spacial score (nSPS) is 12.4. The molecule has 1 amide bonds. The summed E-state index contributed by atoms with van der Waals surface area (Å²) < 4.78 is 74.3. The number of alkyl halides is 2. The second kappa shape index (κ2) is 8.33. The smallest absolute Gasteiger partial charge is 0.322 e. The van der Waals surface area contributed by atoms with Crippen LogP contribution in [0.5, 0.6) is 0 Å². The molecule has 0 fully saturated rings. The fourth-order valence-corrected chi connectivity index (χ4v) is 4.17. The molecular weight excluding hydrogens is 414 g/mol. The molecule has 0 heterocycles. The summed E-state index contributed by atoms with van der Waals surface area (Å²) >= 11 is 0. The van der Waals surface area contributed by atoms with Crippen molar-refractivity contribution < 1.29 is 30.4 Å². The van der Waals surface area contributed by atoms with E-state index in [1.807, 2.05) is 0 Å².